The molecule has 1 heterocycles. The van der Waals surface area contributed by atoms with E-state index in [1.807, 2.05) is 13.1 Å². The number of hydrogen-bond donors (Lipinski definition) is 3. The van der Waals surface area contributed by atoms with Crippen molar-refractivity contribution < 1.29 is 14.6 Å². The van der Waals surface area contributed by atoms with Gasteiger partial charge in [0.05, 0.1) is 25.8 Å². The highest BCUT2D eigenvalue weighted by Crippen LogP contribution is 2.37. The summed E-state index contributed by atoms with van der Waals surface area (Å²) in [5, 5.41) is 17.7. The molecule has 0 spiro atoms. The van der Waals surface area contributed by atoms with Gasteiger partial charge in [-0.1, -0.05) is 6.92 Å². The van der Waals surface area contributed by atoms with Crippen molar-refractivity contribution >= 4 is 17.3 Å². The van der Waals surface area contributed by atoms with Crippen LogP contribution in [0.3, 0.4) is 0 Å². The molecule has 0 unspecified atom stereocenters. The quantitative estimate of drug-likeness (QED) is 0.449. The van der Waals surface area contributed by atoms with Crippen LogP contribution in [0.2, 0.25) is 0 Å². The van der Waals surface area contributed by atoms with Crippen LogP contribution in [0.4, 0.5) is 0 Å². The number of ether oxygens (including phenoxy) is 2. The number of benzene rings is 1. The molecule has 0 aliphatic heterocycles. The lowest BCUT2D eigenvalue weighted by Crippen LogP contribution is -2.38. The molecule has 1 aromatic heterocycles. The minimum Gasteiger partial charge on any atom is -0.502 e. The predicted octanol–water partition coefficient (Wildman–Crippen LogP) is 2.73. The van der Waals surface area contributed by atoms with E-state index in [0.717, 1.165) is 42.5 Å². The van der Waals surface area contributed by atoms with E-state index in [4.69, 9.17) is 9.47 Å². The van der Waals surface area contributed by atoms with Crippen LogP contribution in [0, 0.1) is 0 Å². The second-order valence-corrected chi connectivity index (χ2v) is 6.99. The van der Waals surface area contributed by atoms with Gasteiger partial charge >= 0.3 is 0 Å². The third-order valence-electron chi connectivity index (χ3n) is 3.88. The summed E-state index contributed by atoms with van der Waals surface area (Å²) in [4.78, 5) is 10.3. The van der Waals surface area contributed by atoms with Crippen molar-refractivity contribution in [2.75, 3.05) is 27.3 Å². The van der Waals surface area contributed by atoms with Crippen molar-refractivity contribution in [1.82, 2.24) is 15.6 Å². The summed E-state index contributed by atoms with van der Waals surface area (Å²) >= 11 is 1.75. The number of nitrogens with one attached hydrogen (secondary N) is 2. The van der Waals surface area contributed by atoms with Crippen LogP contribution in [0.15, 0.2) is 23.3 Å². The molecular weight excluding hydrogens is 364 g/mol. The minimum absolute atomic E-state index is 0.00680. The van der Waals surface area contributed by atoms with Crippen LogP contribution < -0.4 is 20.1 Å². The number of methoxy groups -OCH3 is 2. The maximum atomic E-state index is 10.0. The van der Waals surface area contributed by atoms with Crippen LogP contribution in [-0.4, -0.2) is 43.4 Å². The summed E-state index contributed by atoms with van der Waals surface area (Å²) in [6.45, 7) is 6.12. The Morgan fingerprint density at radius 2 is 1.89 bits per heavy atom. The lowest BCUT2D eigenvalue weighted by molar-refractivity contribution is 0.339. The summed E-state index contributed by atoms with van der Waals surface area (Å²) in [7, 11) is 3.02. The first-order valence-electron chi connectivity index (χ1n) is 9.00. The van der Waals surface area contributed by atoms with Gasteiger partial charge < -0.3 is 25.2 Å². The Kier molecular flexibility index (Phi) is 8.19. The van der Waals surface area contributed by atoms with E-state index in [1.165, 1.54) is 19.1 Å². The van der Waals surface area contributed by atoms with Crippen LogP contribution in [0.1, 0.15) is 29.3 Å². The lowest BCUT2D eigenvalue weighted by Gasteiger charge is -2.12. The van der Waals surface area contributed by atoms with Gasteiger partial charge in [-0.15, -0.1) is 11.3 Å². The Morgan fingerprint density at radius 1 is 1.19 bits per heavy atom. The first-order chi connectivity index (χ1) is 13.1. The van der Waals surface area contributed by atoms with Crippen molar-refractivity contribution in [3.8, 4) is 17.2 Å². The van der Waals surface area contributed by atoms with E-state index in [1.54, 1.807) is 23.5 Å². The topological polar surface area (TPSA) is 88.0 Å². The second-order valence-electron chi connectivity index (χ2n) is 5.79. The maximum absolute atomic E-state index is 10.0. The molecule has 148 valence electrons. The van der Waals surface area contributed by atoms with E-state index in [0.29, 0.717) is 18.0 Å². The first kappa shape index (κ1) is 20.8. The number of aliphatic imine (C=N–C) groups is 1. The Bertz CT molecular complexity index is 736. The monoisotopic (exact) mass is 392 g/mol. The fraction of sp³-hybridized carbons (Fsp3) is 0.474. The van der Waals surface area contributed by atoms with E-state index in [-0.39, 0.29) is 5.75 Å². The highest BCUT2D eigenvalue weighted by molar-refractivity contribution is 7.11. The molecule has 0 saturated heterocycles. The zero-order valence-corrected chi connectivity index (χ0v) is 17.2. The average Bonchev–Trinajstić information content (AvgIpc) is 3.14. The Balaban J connectivity index is 1.99. The Morgan fingerprint density at radius 3 is 2.44 bits per heavy atom. The van der Waals surface area contributed by atoms with E-state index in [2.05, 4.69) is 27.5 Å². The van der Waals surface area contributed by atoms with E-state index >= 15 is 0 Å². The highest BCUT2D eigenvalue weighted by Gasteiger charge is 2.11. The Hall–Kier alpha value is -2.48. The van der Waals surface area contributed by atoms with Gasteiger partial charge in [0, 0.05) is 30.6 Å². The van der Waals surface area contributed by atoms with E-state index in [9.17, 15) is 5.11 Å². The highest BCUT2D eigenvalue weighted by atomic mass is 32.1. The van der Waals surface area contributed by atoms with Gasteiger partial charge in [-0.05, 0) is 31.0 Å². The summed E-state index contributed by atoms with van der Waals surface area (Å²) in [6, 6.07) is 3.51. The van der Waals surface area contributed by atoms with Gasteiger partial charge in [0.25, 0.3) is 0 Å². The molecule has 0 aliphatic carbocycles. The zero-order valence-electron chi connectivity index (χ0n) is 16.3. The standard InChI is InChI=1S/C19H28N4O3S/c1-5-14-12-22-17(27-14)7-8-21-19(20-6-2)23-11-13-9-15(25-3)18(24)16(10-13)26-4/h9-10,12,24H,5-8,11H2,1-4H3,(H2,20,21,23). The molecule has 2 rings (SSSR count). The number of aromatic hydroxyl groups is 1. The molecular formula is C19H28N4O3S. The smallest absolute Gasteiger partial charge is 0.200 e. The van der Waals surface area contributed by atoms with Gasteiger partial charge in [-0.3, -0.25) is 0 Å². The van der Waals surface area contributed by atoms with Gasteiger partial charge in [0.2, 0.25) is 5.75 Å². The Labute approximate surface area is 164 Å². The maximum Gasteiger partial charge on any atom is 0.200 e. The number of hydrogen-bond acceptors (Lipinski definition) is 6. The summed E-state index contributed by atoms with van der Waals surface area (Å²) in [5.41, 5.74) is 0.881. The molecule has 1 aromatic carbocycles. The molecule has 0 amide bonds. The van der Waals surface area contributed by atoms with Gasteiger partial charge in [0.1, 0.15) is 0 Å². The minimum atomic E-state index is -0.00680. The summed E-state index contributed by atoms with van der Waals surface area (Å²) in [5.74, 6) is 1.46. The van der Waals surface area contributed by atoms with Crippen LogP contribution in [0.25, 0.3) is 0 Å². The molecule has 0 aliphatic rings. The molecule has 0 saturated carbocycles. The number of guanidine groups is 1. The number of thiazole rings is 1. The normalized spacial score (nSPS) is 11.3. The van der Waals surface area contributed by atoms with E-state index < -0.39 is 0 Å². The molecule has 0 bridgehead atoms. The third-order valence-corrected chi connectivity index (χ3v) is 5.09. The SMILES string of the molecule is CCNC(=NCc1cc(OC)c(O)c(OC)c1)NCCc1ncc(CC)s1. The largest absolute Gasteiger partial charge is 0.502 e. The fourth-order valence-corrected chi connectivity index (χ4v) is 3.33. The molecule has 8 heteroatoms. The molecule has 0 radical (unpaired) electrons. The number of phenols is 1. The van der Waals surface area contributed by atoms with Gasteiger partial charge in [0.15, 0.2) is 17.5 Å². The summed E-state index contributed by atoms with van der Waals surface area (Å²) in [6.07, 6.45) is 3.83. The first-order valence-corrected chi connectivity index (χ1v) is 9.82. The second kappa shape index (κ2) is 10.6. The van der Waals surface area contributed by atoms with Crippen molar-refractivity contribution in [3.63, 3.8) is 0 Å². The average molecular weight is 393 g/mol. The number of aromatic nitrogens is 1. The molecule has 3 N–H and O–H groups in total. The van der Waals surface area contributed by atoms with Crippen molar-refractivity contribution in [2.45, 2.75) is 33.2 Å². The van der Waals surface area contributed by atoms with Crippen molar-refractivity contribution in [2.24, 2.45) is 4.99 Å². The van der Waals surface area contributed by atoms with Crippen molar-refractivity contribution in [1.29, 1.82) is 0 Å². The number of phenolic OH excluding ortho intramolecular Hbond substituents is 1. The molecule has 0 fully saturated rings. The summed E-state index contributed by atoms with van der Waals surface area (Å²) < 4.78 is 10.4. The third kappa shape index (κ3) is 6.02. The van der Waals surface area contributed by atoms with Crippen molar-refractivity contribution in [3.05, 3.63) is 33.8 Å². The fourth-order valence-electron chi connectivity index (χ4n) is 2.47. The van der Waals surface area contributed by atoms with Crippen LogP contribution in [-0.2, 0) is 19.4 Å². The molecule has 0 atom stereocenters. The number of nitrogens with zero attached hydrogens (tertiary/aromatic N) is 2. The molecule has 2 aromatic rings. The molecule has 7 nitrogen and oxygen atoms in total. The lowest BCUT2D eigenvalue weighted by atomic mass is 10.2. The zero-order chi connectivity index (χ0) is 19.6. The number of aryl methyl sites for hydroxylation is 1. The van der Waals surface area contributed by atoms with Crippen LogP contribution in [0.5, 0.6) is 17.2 Å². The van der Waals surface area contributed by atoms with Gasteiger partial charge in [-0.2, -0.15) is 0 Å². The number of rotatable bonds is 9. The van der Waals surface area contributed by atoms with Crippen LogP contribution >= 0.6 is 11.3 Å². The predicted molar refractivity (Wildman–Crippen MR) is 109 cm³/mol. The van der Waals surface area contributed by atoms with Gasteiger partial charge in [-0.25, -0.2) is 9.98 Å². The molecule has 27 heavy (non-hydrogen) atoms.